The predicted octanol–water partition coefficient (Wildman–Crippen LogP) is 13.6. The topological polar surface area (TPSA) is 44.9 Å². The summed E-state index contributed by atoms with van der Waals surface area (Å²) in [5, 5.41) is 7.56. The molecule has 0 radical (unpaired) electrons. The normalized spacial score (nSPS) is 18.1. The SMILES string of the molecule is Cc1nn(-c2[c-]c(Oc3[c-]c4c(cc3)c3ccccc3n4-c3cc(C(C)C)ccn3)cc(C(C)(C)C)c2)c(C)c1C1C(C(C)(C)C)=C[C@H](C)C[C@@H]1C(C)(C)C.[Pt+2]. The summed E-state index contributed by atoms with van der Waals surface area (Å²) in [7, 11) is 0. The van der Waals surface area contributed by atoms with Crippen molar-refractivity contribution < 1.29 is 25.8 Å². The summed E-state index contributed by atoms with van der Waals surface area (Å²) in [5.41, 5.74) is 10.5. The van der Waals surface area contributed by atoms with Gasteiger partial charge in [0, 0.05) is 40.4 Å². The van der Waals surface area contributed by atoms with Gasteiger partial charge in [0.15, 0.2) is 0 Å². The van der Waals surface area contributed by atoms with E-state index in [1.165, 1.54) is 28.8 Å². The molecule has 3 aromatic carbocycles. The minimum Gasteiger partial charge on any atom is -0.509 e. The van der Waals surface area contributed by atoms with Gasteiger partial charge in [0.2, 0.25) is 0 Å². The quantitative estimate of drug-likeness (QED) is 0.123. The molecule has 56 heavy (non-hydrogen) atoms. The molecule has 1 aliphatic carbocycles. The van der Waals surface area contributed by atoms with E-state index in [4.69, 9.17) is 14.8 Å². The van der Waals surface area contributed by atoms with Crippen molar-refractivity contribution in [2.24, 2.45) is 22.7 Å². The summed E-state index contributed by atoms with van der Waals surface area (Å²) in [5.74, 6) is 3.85. The zero-order valence-electron chi connectivity index (χ0n) is 36.0. The Balaban J connectivity index is 0.00000532. The third-order valence-electron chi connectivity index (χ3n) is 11.8. The second kappa shape index (κ2) is 15.1. The van der Waals surface area contributed by atoms with Crippen LogP contribution in [0.4, 0.5) is 0 Å². The standard InChI is InChI=1S/C50H60N4O.Pt/c1-30(2)34-21-22-51-45(25-34)53-43-18-16-15-17-39(43)40-20-19-37(29-44(40)53)55-38-27-35(48(6,7)8)26-36(28-38)54-33(5)46(32(4)52-54)47-41(49(9,10)11)23-31(3)24-42(47)50(12,13)14;/h15-23,25-27,30-31,42,47H,24H2,1-14H3;/q-2;+2/t31-,42-,47?;/m0./s1. The zero-order chi connectivity index (χ0) is 39.8. The van der Waals surface area contributed by atoms with Crippen LogP contribution in [0.3, 0.4) is 0 Å². The molecule has 6 heteroatoms. The van der Waals surface area contributed by atoms with E-state index in [1.807, 2.05) is 12.3 Å². The fourth-order valence-corrected chi connectivity index (χ4v) is 8.83. The maximum atomic E-state index is 6.77. The van der Waals surface area contributed by atoms with Gasteiger partial charge in [-0.15, -0.1) is 41.3 Å². The first kappa shape index (κ1) is 41.7. The molecule has 0 amide bonds. The Bertz CT molecular complexity index is 2420. The van der Waals surface area contributed by atoms with Crippen molar-refractivity contribution in [2.45, 2.75) is 121 Å². The molecule has 0 saturated carbocycles. The number of pyridine rings is 1. The van der Waals surface area contributed by atoms with E-state index in [1.54, 1.807) is 0 Å². The molecule has 0 fully saturated rings. The van der Waals surface area contributed by atoms with Gasteiger partial charge in [0.05, 0.1) is 5.69 Å². The molecule has 3 aromatic heterocycles. The van der Waals surface area contributed by atoms with Crippen molar-refractivity contribution >= 4 is 21.8 Å². The van der Waals surface area contributed by atoms with Gasteiger partial charge in [-0.1, -0.05) is 118 Å². The summed E-state index contributed by atoms with van der Waals surface area (Å²) in [6, 6.07) is 28.6. The van der Waals surface area contributed by atoms with E-state index < -0.39 is 0 Å². The van der Waals surface area contributed by atoms with Crippen molar-refractivity contribution in [3.63, 3.8) is 0 Å². The second-order valence-electron chi connectivity index (χ2n) is 19.5. The molecule has 0 spiro atoms. The molecule has 5 nitrogen and oxygen atoms in total. The molecule has 1 unspecified atom stereocenters. The van der Waals surface area contributed by atoms with Crippen LogP contribution < -0.4 is 4.74 Å². The number of rotatable bonds is 6. The molecule has 0 saturated heterocycles. The minimum absolute atomic E-state index is 0. The van der Waals surface area contributed by atoms with Gasteiger partial charge in [-0.25, -0.2) is 4.98 Å². The van der Waals surface area contributed by atoms with Gasteiger partial charge in [-0.05, 0) is 89.1 Å². The smallest absolute Gasteiger partial charge is 0.509 e. The van der Waals surface area contributed by atoms with Crippen LogP contribution in [0.1, 0.15) is 129 Å². The van der Waals surface area contributed by atoms with Gasteiger partial charge in [0.1, 0.15) is 5.82 Å². The largest absolute Gasteiger partial charge is 2.00 e. The van der Waals surface area contributed by atoms with Crippen LogP contribution in [0.25, 0.3) is 33.3 Å². The number of aromatic nitrogens is 4. The average Bonchev–Trinajstić information content (AvgIpc) is 3.59. The fraction of sp³-hybridized carbons (Fsp3) is 0.440. The molecule has 0 aliphatic heterocycles. The van der Waals surface area contributed by atoms with E-state index in [0.717, 1.165) is 44.6 Å². The first-order chi connectivity index (χ1) is 25.7. The number of fused-ring (bicyclic) bond motifs is 3. The Morgan fingerprint density at radius 1 is 0.821 bits per heavy atom. The number of allylic oxidation sites excluding steroid dienone is 2. The fourth-order valence-electron chi connectivity index (χ4n) is 8.83. The summed E-state index contributed by atoms with van der Waals surface area (Å²) in [6.45, 7) is 32.3. The Morgan fingerprint density at radius 3 is 2.20 bits per heavy atom. The summed E-state index contributed by atoms with van der Waals surface area (Å²) >= 11 is 0. The van der Waals surface area contributed by atoms with Crippen LogP contribution in [0.5, 0.6) is 11.5 Å². The first-order valence-electron chi connectivity index (χ1n) is 20.2. The van der Waals surface area contributed by atoms with Crippen molar-refractivity contribution in [2.75, 3.05) is 0 Å². The Hall–Kier alpha value is -3.95. The number of benzene rings is 3. The molecule has 0 bridgehead atoms. The zero-order valence-corrected chi connectivity index (χ0v) is 38.2. The third-order valence-corrected chi connectivity index (χ3v) is 11.8. The molecule has 3 heterocycles. The van der Waals surface area contributed by atoms with Gasteiger partial charge in [-0.3, -0.25) is 4.68 Å². The van der Waals surface area contributed by atoms with Crippen LogP contribution >= 0.6 is 0 Å². The van der Waals surface area contributed by atoms with Gasteiger partial charge >= 0.3 is 21.1 Å². The maximum absolute atomic E-state index is 6.77. The third kappa shape index (κ3) is 7.82. The second-order valence-corrected chi connectivity index (χ2v) is 19.5. The van der Waals surface area contributed by atoms with Crippen LogP contribution in [0.15, 0.2) is 78.5 Å². The number of nitrogens with zero attached hydrogens (tertiary/aromatic N) is 4. The van der Waals surface area contributed by atoms with E-state index in [2.05, 4.69) is 179 Å². The van der Waals surface area contributed by atoms with Crippen molar-refractivity contribution in [3.05, 3.63) is 119 Å². The molecule has 0 N–H and O–H groups in total. The molecule has 6 aromatic rings. The van der Waals surface area contributed by atoms with Crippen molar-refractivity contribution in [3.8, 4) is 23.0 Å². The summed E-state index contributed by atoms with van der Waals surface area (Å²) in [6.07, 6.45) is 5.63. The Kier molecular flexibility index (Phi) is 11.2. The van der Waals surface area contributed by atoms with E-state index >= 15 is 0 Å². The number of aryl methyl sites for hydroxylation is 1. The van der Waals surface area contributed by atoms with Crippen LogP contribution in [-0.2, 0) is 26.5 Å². The first-order valence-corrected chi connectivity index (χ1v) is 20.2. The average molecular weight is 928 g/mol. The number of hydrogen-bond acceptors (Lipinski definition) is 3. The maximum Gasteiger partial charge on any atom is 2.00 e. The van der Waals surface area contributed by atoms with E-state index in [9.17, 15) is 0 Å². The van der Waals surface area contributed by atoms with Crippen molar-refractivity contribution in [1.82, 2.24) is 19.3 Å². The van der Waals surface area contributed by atoms with Crippen molar-refractivity contribution in [1.29, 1.82) is 0 Å². The summed E-state index contributed by atoms with van der Waals surface area (Å²) < 4.78 is 11.1. The van der Waals surface area contributed by atoms with Crippen LogP contribution in [-0.4, -0.2) is 19.3 Å². The number of hydrogen-bond donors (Lipinski definition) is 0. The minimum atomic E-state index is -0.132. The molecule has 296 valence electrons. The molecular formula is C50H60N4OPt. The Labute approximate surface area is 350 Å². The van der Waals surface area contributed by atoms with E-state index in [0.29, 0.717) is 29.3 Å². The van der Waals surface area contributed by atoms with Gasteiger partial charge in [-0.2, -0.15) is 11.2 Å². The predicted molar refractivity (Wildman–Crippen MR) is 229 cm³/mol. The van der Waals surface area contributed by atoms with Gasteiger partial charge in [0.25, 0.3) is 0 Å². The number of para-hydroxylation sites is 1. The molecule has 3 atom stereocenters. The Morgan fingerprint density at radius 2 is 1.54 bits per heavy atom. The van der Waals surface area contributed by atoms with E-state index in [-0.39, 0.29) is 43.2 Å². The molecule has 1 aliphatic rings. The van der Waals surface area contributed by atoms with Gasteiger partial charge < -0.3 is 9.30 Å². The molecule has 7 rings (SSSR count). The molecular weight excluding hydrogens is 868 g/mol. The van der Waals surface area contributed by atoms with Crippen LogP contribution in [0, 0.1) is 48.6 Å². The summed E-state index contributed by atoms with van der Waals surface area (Å²) in [4.78, 5) is 4.84. The monoisotopic (exact) mass is 927 g/mol. The van der Waals surface area contributed by atoms with Crippen LogP contribution in [0.2, 0.25) is 0 Å². The number of ether oxygens (including phenoxy) is 1.